The number of ether oxygens (including phenoxy) is 1. The number of fused-ring (bicyclic) bond motifs is 4. The van der Waals surface area contributed by atoms with Gasteiger partial charge in [-0.05, 0) is 25.0 Å². The van der Waals surface area contributed by atoms with E-state index in [1.54, 1.807) is 11.3 Å². The van der Waals surface area contributed by atoms with E-state index >= 15 is 0 Å². The van der Waals surface area contributed by atoms with Crippen LogP contribution >= 0.6 is 11.3 Å². The third-order valence-electron chi connectivity index (χ3n) is 5.46. The van der Waals surface area contributed by atoms with Crippen molar-refractivity contribution in [2.75, 3.05) is 31.3 Å². The molecule has 134 valence electrons. The van der Waals surface area contributed by atoms with Gasteiger partial charge in [-0.1, -0.05) is 11.3 Å². The zero-order valence-electron chi connectivity index (χ0n) is 14.3. The van der Waals surface area contributed by atoms with Gasteiger partial charge in [-0.3, -0.25) is 9.74 Å². The van der Waals surface area contributed by atoms with Gasteiger partial charge < -0.3 is 10.1 Å². The fourth-order valence-corrected chi connectivity index (χ4v) is 5.29. The van der Waals surface area contributed by atoms with Crippen molar-refractivity contribution in [1.29, 1.82) is 0 Å². The first-order chi connectivity index (χ1) is 12.7. The number of nitrogens with one attached hydrogen (secondary N) is 1. The number of aromatic nitrogens is 1. The molecular formula is C18H19N5O2S. The summed E-state index contributed by atoms with van der Waals surface area (Å²) in [7, 11) is 0. The predicted octanol–water partition coefficient (Wildman–Crippen LogP) is 2.47. The van der Waals surface area contributed by atoms with Crippen LogP contribution in [0.15, 0.2) is 12.1 Å². The van der Waals surface area contributed by atoms with E-state index in [2.05, 4.69) is 15.1 Å². The summed E-state index contributed by atoms with van der Waals surface area (Å²) in [4.78, 5) is 25.0. The zero-order chi connectivity index (χ0) is 17.7. The molecule has 2 amide bonds. The van der Waals surface area contributed by atoms with Gasteiger partial charge in [0.1, 0.15) is 5.75 Å². The number of nitrogens with zero attached hydrogens (tertiary/aromatic N) is 4. The summed E-state index contributed by atoms with van der Waals surface area (Å²) in [5, 5.41) is 3.87. The van der Waals surface area contributed by atoms with Gasteiger partial charge in [-0.2, -0.15) is 0 Å². The van der Waals surface area contributed by atoms with Gasteiger partial charge in [0.2, 0.25) is 0 Å². The number of anilines is 1. The SMILES string of the molecule is [C-]#[N+]CN1CCC[C@@H]2NC(=O)N(c3nc4c5c(ccc4s3)OCC5)[C@@H]2C1. The molecule has 7 nitrogen and oxygen atoms in total. The third-order valence-corrected chi connectivity index (χ3v) is 6.48. The average molecular weight is 369 g/mol. The normalized spacial score (nSPS) is 25.3. The van der Waals surface area contributed by atoms with Gasteiger partial charge in [-0.25, -0.2) is 21.3 Å². The standard InChI is InChI=1S/C18H19N5O2S/c1-19-10-22-7-2-3-12-13(9-22)23(17(24)20-12)18-21-16-11-6-8-25-14(11)4-5-15(16)26-18/h4-5,12-13H,2-3,6-10H2,(H,20,24)/t12-,13+/m0/s1. The van der Waals surface area contributed by atoms with Gasteiger partial charge in [0, 0.05) is 25.1 Å². The molecule has 0 bridgehead atoms. The van der Waals surface area contributed by atoms with Gasteiger partial charge in [0.05, 0.1) is 28.9 Å². The van der Waals surface area contributed by atoms with Crippen LogP contribution in [0.1, 0.15) is 18.4 Å². The van der Waals surface area contributed by atoms with E-state index in [-0.39, 0.29) is 18.1 Å². The van der Waals surface area contributed by atoms with Crippen LogP contribution in [0.2, 0.25) is 0 Å². The van der Waals surface area contributed by atoms with Crippen molar-refractivity contribution in [2.45, 2.75) is 31.3 Å². The average Bonchev–Trinajstić information content (AvgIpc) is 3.29. The lowest BCUT2D eigenvalue weighted by Gasteiger charge is -2.25. The van der Waals surface area contributed by atoms with Gasteiger partial charge >= 0.3 is 6.03 Å². The van der Waals surface area contributed by atoms with Crippen molar-refractivity contribution < 1.29 is 9.53 Å². The number of hydrogen-bond donors (Lipinski definition) is 1. The van der Waals surface area contributed by atoms with Crippen LogP contribution in [0.25, 0.3) is 15.1 Å². The molecular weight excluding hydrogens is 350 g/mol. The van der Waals surface area contributed by atoms with E-state index in [0.29, 0.717) is 19.8 Å². The number of amides is 2. The summed E-state index contributed by atoms with van der Waals surface area (Å²) in [5.74, 6) is 0.913. The Hall–Kier alpha value is -2.37. The van der Waals surface area contributed by atoms with Crippen LogP contribution in [0, 0.1) is 6.57 Å². The van der Waals surface area contributed by atoms with E-state index in [1.165, 1.54) is 0 Å². The summed E-state index contributed by atoms with van der Waals surface area (Å²) in [6, 6.07) is 4.11. The Kier molecular flexibility index (Phi) is 3.72. The largest absolute Gasteiger partial charge is 0.493 e. The lowest BCUT2D eigenvalue weighted by molar-refractivity contribution is 0.249. The van der Waals surface area contributed by atoms with Crippen molar-refractivity contribution >= 4 is 32.7 Å². The Balaban J connectivity index is 1.53. The van der Waals surface area contributed by atoms with Crippen LogP contribution in [-0.4, -0.2) is 54.4 Å². The van der Waals surface area contributed by atoms with Crippen molar-refractivity contribution in [1.82, 2.24) is 15.2 Å². The first kappa shape index (κ1) is 15.9. The maximum atomic E-state index is 12.7. The fraction of sp³-hybridized carbons (Fsp3) is 0.500. The summed E-state index contributed by atoms with van der Waals surface area (Å²) in [6.45, 7) is 9.86. The monoisotopic (exact) mass is 369 g/mol. The Bertz CT molecular complexity index is 920. The fourth-order valence-electron chi connectivity index (χ4n) is 4.24. The van der Waals surface area contributed by atoms with Gasteiger partial charge in [0.25, 0.3) is 6.67 Å². The highest BCUT2D eigenvalue weighted by atomic mass is 32.1. The summed E-state index contributed by atoms with van der Waals surface area (Å²) >= 11 is 1.56. The van der Waals surface area contributed by atoms with E-state index in [9.17, 15) is 4.79 Å². The van der Waals surface area contributed by atoms with Gasteiger partial charge in [-0.15, -0.1) is 0 Å². The molecule has 1 N–H and O–H groups in total. The maximum absolute atomic E-state index is 12.7. The second-order valence-corrected chi connectivity index (χ2v) is 8.01. The van der Waals surface area contributed by atoms with Crippen molar-refractivity contribution in [3.8, 4) is 5.75 Å². The molecule has 2 atom stereocenters. The lowest BCUT2D eigenvalue weighted by Crippen LogP contribution is -2.44. The molecule has 2 fully saturated rings. The number of likely N-dealkylation sites (tertiary alicyclic amines) is 1. The Morgan fingerprint density at radius 3 is 3.27 bits per heavy atom. The Morgan fingerprint density at radius 2 is 2.38 bits per heavy atom. The molecule has 0 spiro atoms. The highest BCUT2D eigenvalue weighted by Gasteiger charge is 2.43. The molecule has 0 radical (unpaired) electrons. The summed E-state index contributed by atoms with van der Waals surface area (Å²) in [6.07, 6.45) is 2.80. The number of benzene rings is 1. The topological polar surface area (TPSA) is 62.1 Å². The Morgan fingerprint density at radius 1 is 1.46 bits per heavy atom. The summed E-state index contributed by atoms with van der Waals surface area (Å²) < 4.78 is 6.73. The highest BCUT2D eigenvalue weighted by molar-refractivity contribution is 7.22. The lowest BCUT2D eigenvalue weighted by atomic mass is 10.1. The first-order valence-corrected chi connectivity index (χ1v) is 9.77. The molecule has 4 heterocycles. The number of rotatable bonds is 2. The van der Waals surface area contributed by atoms with Crippen LogP contribution < -0.4 is 15.0 Å². The van der Waals surface area contributed by atoms with E-state index in [1.807, 2.05) is 17.0 Å². The minimum absolute atomic E-state index is 0.0246. The molecule has 26 heavy (non-hydrogen) atoms. The van der Waals surface area contributed by atoms with E-state index in [0.717, 1.165) is 52.5 Å². The van der Waals surface area contributed by atoms with Crippen LogP contribution in [0.3, 0.4) is 0 Å². The molecule has 2 aromatic rings. The predicted molar refractivity (Wildman–Crippen MR) is 99.7 cm³/mol. The molecule has 1 aromatic carbocycles. The second kappa shape index (κ2) is 6.11. The quantitative estimate of drug-likeness (QED) is 0.826. The first-order valence-electron chi connectivity index (χ1n) is 8.95. The number of carbonyl (C=O) groups excluding carboxylic acids is 1. The molecule has 5 rings (SSSR count). The minimum atomic E-state index is -0.0726. The number of hydrogen-bond acceptors (Lipinski definition) is 5. The Labute approximate surface area is 155 Å². The molecule has 8 heteroatoms. The molecule has 0 unspecified atom stereocenters. The molecule has 0 saturated carbocycles. The molecule has 3 aliphatic heterocycles. The maximum Gasteiger partial charge on any atom is 0.324 e. The smallest absolute Gasteiger partial charge is 0.324 e. The number of thiazole rings is 1. The number of carbonyl (C=O) groups is 1. The van der Waals surface area contributed by atoms with Crippen molar-refractivity contribution in [3.63, 3.8) is 0 Å². The van der Waals surface area contributed by atoms with Crippen molar-refractivity contribution in [2.24, 2.45) is 0 Å². The van der Waals surface area contributed by atoms with Gasteiger partial charge in [0.15, 0.2) is 5.13 Å². The van der Waals surface area contributed by atoms with Crippen LogP contribution in [-0.2, 0) is 6.42 Å². The van der Waals surface area contributed by atoms with Crippen LogP contribution in [0.4, 0.5) is 9.93 Å². The molecule has 0 aliphatic carbocycles. The van der Waals surface area contributed by atoms with E-state index < -0.39 is 0 Å². The molecule has 2 saturated heterocycles. The molecule has 1 aromatic heterocycles. The van der Waals surface area contributed by atoms with Crippen LogP contribution in [0.5, 0.6) is 5.75 Å². The van der Waals surface area contributed by atoms with Crippen molar-refractivity contribution in [3.05, 3.63) is 29.1 Å². The minimum Gasteiger partial charge on any atom is -0.493 e. The third kappa shape index (κ3) is 2.42. The number of urea groups is 1. The molecule has 3 aliphatic rings. The summed E-state index contributed by atoms with van der Waals surface area (Å²) in [5.41, 5.74) is 2.11. The van der Waals surface area contributed by atoms with E-state index in [4.69, 9.17) is 16.3 Å². The second-order valence-electron chi connectivity index (χ2n) is 7.00. The zero-order valence-corrected chi connectivity index (χ0v) is 15.1. The highest BCUT2D eigenvalue weighted by Crippen LogP contribution is 2.39.